The van der Waals surface area contributed by atoms with E-state index in [1.165, 1.54) is 38.3 Å². The molecule has 1 atom stereocenters. The van der Waals surface area contributed by atoms with E-state index in [0.717, 1.165) is 50.7 Å². The number of benzene rings is 2. The lowest BCUT2D eigenvalue weighted by molar-refractivity contribution is -0.111. The monoisotopic (exact) mass is 710 g/mol. The quantitative estimate of drug-likeness (QED) is 0.181. The lowest BCUT2D eigenvalue weighted by atomic mass is 10.0. The number of ether oxygens (including phenoxy) is 1. The van der Waals surface area contributed by atoms with Crippen LogP contribution in [0.3, 0.4) is 0 Å². The van der Waals surface area contributed by atoms with Gasteiger partial charge in [-0.05, 0) is 43.9 Å². The number of aromatic nitrogens is 2. The summed E-state index contributed by atoms with van der Waals surface area (Å²) in [5.41, 5.74) is 2.47. The summed E-state index contributed by atoms with van der Waals surface area (Å²) in [6.07, 6.45) is 8.01. The number of amides is 1. The van der Waals surface area contributed by atoms with Gasteiger partial charge in [0.15, 0.2) is 5.82 Å². The maximum absolute atomic E-state index is 15.1. The highest BCUT2D eigenvalue weighted by atomic mass is 35.5. The summed E-state index contributed by atoms with van der Waals surface area (Å²) in [7, 11) is 1.61. The third-order valence-electron chi connectivity index (χ3n) is 9.96. The van der Waals surface area contributed by atoms with Crippen molar-refractivity contribution in [3.8, 4) is 5.75 Å². The van der Waals surface area contributed by atoms with Gasteiger partial charge in [-0.3, -0.25) is 19.4 Å². The van der Waals surface area contributed by atoms with E-state index in [0.29, 0.717) is 53.4 Å². The molecule has 4 aliphatic rings. The Labute approximate surface area is 295 Å². The molecule has 0 spiro atoms. The fraction of sp³-hybridized carbons (Fsp3) is 0.457. The first-order chi connectivity index (χ1) is 23.8. The fourth-order valence-corrected chi connectivity index (χ4v) is 7.53. The number of methoxy groups -OCH3 is 1. The number of piperidine rings is 1. The molecule has 1 unspecified atom stereocenters. The molecule has 4 heterocycles. The van der Waals surface area contributed by atoms with Crippen molar-refractivity contribution in [2.24, 2.45) is 0 Å². The smallest absolute Gasteiger partial charge is 0.247 e. The Morgan fingerprint density at radius 1 is 0.980 bits per heavy atom. The molecule has 1 saturated carbocycles. The van der Waals surface area contributed by atoms with Gasteiger partial charge in [0.25, 0.3) is 0 Å². The van der Waals surface area contributed by atoms with E-state index in [9.17, 15) is 4.79 Å². The molecule has 0 bridgehead atoms. The van der Waals surface area contributed by atoms with Gasteiger partial charge in [0, 0.05) is 75.5 Å². The van der Waals surface area contributed by atoms with Crippen LogP contribution in [0.2, 0.25) is 10.0 Å². The molecular formula is C35H41Cl2FN8O3. The van der Waals surface area contributed by atoms with E-state index in [2.05, 4.69) is 41.9 Å². The number of hydrogen-bond acceptors (Lipinski definition) is 10. The molecular weight excluding hydrogens is 670 g/mol. The lowest BCUT2D eigenvalue weighted by Crippen LogP contribution is -2.53. The van der Waals surface area contributed by atoms with Crippen molar-refractivity contribution < 1.29 is 18.8 Å². The van der Waals surface area contributed by atoms with Crippen molar-refractivity contribution in [1.82, 2.24) is 19.8 Å². The van der Waals surface area contributed by atoms with Crippen molar-refractivity contribution >= 4 is 57.8 Å². The topological polar surface area (TPSA) is 98.3 Å². The summed E-state index contributed by atoms with van der Waals surface area (Å²) in [5.74, 6) is 0.564. The van der Waals surface area contributed by atoms with E-state index in [-0.39, 0.29) is 16.0 Å². The van der Waals surface area contributed by atoms with E-state index in [4.69, 9.17) is 32.8 Å². The highest BCUT2D eigenvalue weighted by molar-refractivity contribution is 6.42. The van der Waals surface area contributed by atoms with Crippen LogP contribution in [0.25, 0.3) is 0 Å². The molecule has 0 radical (unpaired) electrons. The van der Waals surface area contributed by atoms with E-state index < -0.39 is 11.9 Å². The zero-order valence-corrected chi connectivity index (χ0v) is 29.0. The van der Waals surface area contributed by atoms with E-state index >= 15 is 4.39 Å². The highest BCUT2D eigenvalue weighted by Gasteiger charge is 2.35. The van der Waals surface area contributed by atoms with Crippen LogP contribution in [-0.2, 0) is 9.63 Å². The normalized spacial score (nSPS) is 20.8. The number of rotatable bonds is 10. The Hall–Kier alpha value is -3.68. The molecule has 1 amide bonds. The second-order valence-electron chi connectivity index (χ2n) is 12.9. The number of nitrogens with one attached hydrogen (secondary N) is 2. The van der Waals surface area contributed by atoms with Crippen LogP contribution in [0.5, 0.6) is 5.75 Å². The number of anilines is 5. The third-order valence-corrected chi connectivity index (χ3v) is 10.7. The molecule has 14 heteroatoms. The van der Waals surface area contributed by atoms with Crippen molar-refractivity contribution in [2.75, 3.05) is 73.6 Å². The summed E-state index contributed by atoms with van der Waals surface area (Å²) < 4.78 is 21.0. The third kappa shape index (κ3) is 7.29. The maximum atomic E-state index is 15.1. The van der Waals surface area contributed by atoms with Crippen LogP contribution in [0, 0.1) is 5.82 Å². The molecule has 3 aromatic rings. The Kier molecular flexibility index (Phi) is 10.1. The average Bonchev–Trinajstić information content (AvgIpc) is 3.87. The SMILES string of the molecule is C=CC(=O)Nc1cc(Nc2cc(N3OCCC3c3ccc(Cl)c(Cl)c3F)ncn2)c(OC)cc1N1CCC(N2CCN(C3CC3)CC2)CC1. The number of halogens is 3. The van der Waals surface area contributed by atoms with E-state index in [1.54, 1.807) is 30.4 Å². The average molecular weight is 712 g/mol. The lowest BCUT2D eigenvalue weighted by Gasteiger charge is -2.43. The molecule has 2 aromatic carbocycles. The standard InChI is InChI=1S/C35H41Cl2FN8O3/c1-3-33(47)42-26-18-27(30(48-2)19-29(26)45-11-8-23(9-12-45)44-15-13-43(14-16-44)22-4-5-22)41-31-20-32(40-21-39-31)46-28(10-17-49-46)24-6-7-25(36)34(37)35(24)38/h3,6-7,18-23,28H,1,4-5,8-17H2,2H3,(H,42,47)(H,39,40,41). The number of nitrogens with zero attached hydrogens (tertiary/aromatic N) is 6. The summed E-state index contributed by atoms with van der Waals surface area (Å²) in [5, 5.41) is 7.89. The zero-order valence-electron chi connectivity index (χ0n) is 27.5. The van der Waals surface area contributed by atoms with Crippen molar-refractivity contribution in [3.05, 3.63) is 70.7 Å². The molecule has 4 fully saturated rings. The van der Waals surface area contributed by atoms with Gasteiger partial charge in [-0.25, -0.2) is 19.4 Å². The highest BCUT2D eigenvalue weighted by Crippen LogP contribution is 2.42. The zero-order chi connectivity index (χ0) is 34.1. The van der Waals surface area contributed by atoms with Crippen LogP contribution in [0.15, 0.2) is 49.3 Å². The summed E-state index contributed by atoms with van der Waals surface area (Å²) in [6.45, 7) is 10.4. The van der Waals surface area contributed by atoms with E-state index in [1.807, 2.05) is 12.1 Å². The molecule has 1 aliphatic carbocycles. The molecule has 3 aliphatic heterocycles. The van der Waals surface area contributed by atoms with Crippen molar-refractivity contribution in [1.29, 1.82) is 0 Å². The van der Waals surface area contributed by atoms with Gasteiger partial charge in [-0.1, -0.05) is 35.8 Å². The van der Waals surface area contributed by atoms with Crippen LogP contribution in [0.4, 0.5) is 33.1 Å². The van der Waals surface area contributed by atoms with Crippen LogP contribution < -0.4 is 25.3 Å². The number of hydrogen-bond donors (Lipinski definition) is 2. The van der Waals surface area contributed by atoms with Gasteiger partial charge in [-0.2, -0.15) is 0 Å². The Morgan fingerprint density at radius 3 is 2.37 bits per heavy atom. The van der Waals surface area contributed by atoms with Gasteiger partial charge >= 0.3 is 0 Å². The number of carbonyl (C=O) groups is 1. The first-order valence-corrected chi connectivity index (χ1v) is 17.6. The first kappa shape index (κ1) is 33.8. The number of carbonyl (C=O) groups excluding carboxylic acids is 1. The van der Waals surface area contributed by atoms with Crippen molar-refractivity contribution in [3.63, 3.8) is 0 Å². The van der Waals surface area contributed by atoms with Gasteiger partial charge in [0.05, 0.1) is 46.9 Å². The summed E-state index contributed by atoms with van der Waals surface area (Å²) in [4.78, 5) is 34.9. The van der Waals surface area contributed by atoms with Gasteiger partial charge < -0.3 is 20.3 Å². The van der Waals surface area contributed by atoms with Gasteiger partial charge in [0.1, 0.15) is 23.7 Å². The largest absolute Gasteiger partial charge is 0.494 e. The Balaban J connectivity index is 1.09. The number of piperazine rings is 1. The summed E-state index contributed by atoms with van der Waals surface area (Å²) in [6, 6.07) is 9.61. The molecule has 11 nitrogen and oxygen atoms in total. The molecule has 2 N–H and O–H groups in total. The fourth-order valence-electron chi connectivity index (χ4n) is 7.21. The predicted molar refractivity (Wildman–Crippen MR) is 191 cm³/mol. The van der Waals surface area contributed by atoms with Gasteiger partial charge in [-0.15, -0.1) is 0 Å². The molecule has 1 aromatic heterocycles. The molecule has 7 rings (SSSR count). The number of hydroxylamine groups is 1. The minimum Gasteiger partial charge on any atom is -0.494 e. The second kappa shape index (κ2) is 14.7. The first-order valence-electron chi connectivity index (χ1n) is 16.9. The molecule has 3 saturated heterocycles. The maximum Gasteiger partial charge on any atom is 0.247 e. The van der Waals surface area contributed by atoms with Crippen molar-refractivity contribution in [2.45, 2.75) is 50.2 Å². The molecule has 49 heavy (non-hydrogen) atoms. The predicted octanol–water partition coefficient (Wildman–Crippen LogP) is 6.43. The van der Waals surface area contributed by atoms with Crippen LogP contribution in [0.1, 0.15) is 43.7 Å². The Bertz CT molecular complexity index is 1700. The van der Waals surface area contributed by atoms with Gasteiger partial charge in [0.2, 0.25) is 5.91 Å². The minimum atomic E-state index is -0.586. The Morgan fingerprint density at radius 2 is 1.69 bits per heavy atom. The summed E-state index contributed by atoms with van der Waals surface area (Å²) >= 11 is 12.1. The van der Waals surface area contributed by atoms with Crippen LogP contribution >= 0.6 is 23.2 Å². The second-order valence-corrected chi connectivity index (χ2v) is 13.7. The molecule has 260 valence electrons. The minimum absolute atomic E-state index is 0.127. The van der Waals surface area contributed by atoms with Crippen LogP contribution in [-0.4, -0.2) is 90.7 Å².